The van der Waals surface area contributed by atoms with Crippen molar-refractivity contribution in [2.24, 2.45) is 10.5 Å². The van der Waals surface area contributed by atoms with Gasteiger partial charge in [0.15, 0.2) is 12.0 Å². The maximum atomic E-state index is 13.6. The molecule has 2 fully saturated rings. The van der Waals surface area contributed by atoms with Crippen LogP contribution < -0.4 is 15.5 Å². The maximum Gasteiger partial charge on any atom is 0.251 e. The van der Waals surface area contributed by atoms with Crippen LogP contribution in [0.3, 0.4) is 0 Å². The van der Waals surface area contributed by atoms with E-state index in [-0.39, 0.29) is 43.5 Å². The third-order valence-electron chi connectivity index (χ3n) is 7.31. The van der Waals surface area contributed by atoms with Gasteiger partial charge in [-0.2, -0.15) is 10.4 Å². The molecule has 2 aliphatic heterocycles. The second-order valence-corrected chi connectivity index (χ2v) is 10.6. The van der Waals surface area contributed by atoms with Gasteiger partial charge < -0.3 is 25.1 Å². The lowest BCUT2D eigenvalue weighted by Crippen LogP contribution is -2.57. The molecule has 2 saturated heterocycles. The monoisotopic (exact) mass is 577 g/mol. The lowest BCUT2D eigenvalue weighted by atomic mass is 9.78. The van der Waals surface area contributed by atoms with E-state index in [0.29, 0.717) is 46.7 Å². The fourth-order valence-electron chi connectivity index (χ4n) is 5.28. The molecule has 0 spiro atoms. The Bertz CT molecular complexity index is 1430. The topological polar surface area (TPSA) is 133 Å². The fraction of sp³-hybridized carbons (Fsp3) is 0.367. The Morgan fingerprint density at radius 2 is 2.05 bits per heavy atom. The molecule has 2 aromatic rings. The number of carbonyl (C=O) groups is 3. The Hall–Kier alpha value is -4.20. The predicted octanol–water partition coefficient (Wildman–Crippen LogP) is 3.71. The number of amides is 2. The molecule has 2 heterocycles. The molecule has 0 radical (unpaired) electrons. The zero-order valence-electron chi connectivity index (χ0n) is 23.1. The van der Waals surface area contributed by atoms with Gasteiger partial charge in [-0.15, -0.1) is 0 Å². The minimum atomic E-state index is -0.772. The molecule has 10 nitrogen and oxygen atoms in total. The molecule has 0 aromatic heterocycles. The maximum absolute atomic E-state index is 13.6. The highest BCUT2D eigenvalue weighted by Crippen LogP contribution is 2.46. The lowest BCUT2D eigenvalue weighted by Gasteiger charge is -2.45. The number of hydrazone groups is 1. The number of carbonyl (C=O) groups excluding carboxylic acids is 3. The van der Waals surface area contributed by atoms with Gasteiger partial charge in [-0.05, 0) is 68.1 Å². The number of nitrogens with zero attached hydrogens (tertiary/aromatic N) is 3. The van der Waals surface area contributed by atoms with Crippen LogP contribution in [0.5, 0.6) is 5.75 Å². The summed E-state index contributed by atoms with van der Waals surface area (Å²) in [5.41, 5.74) is 4.26. The number of rotatable bonds is 10. The van der Waals surface area contributed by atoms with E-state index in [2.05, 4.69) is 21.9 Å². The molecule has 0 saturated carbocycles. The first-order valence-electron chi connectivity index (χ1n) is 13.2. The van der Waals surface area contributed by atoms with Crippen molar-refractivity contribution in [3.63, 3.8) is 0 Å². The van der Waals surface area contributed by atoms with Crippen LogP contribution in [-0.4, -0.2) is 61.6 Å². The van der Waals surface area contributed by atoms with Gasteiger partial charge in [0.2, 0.25) is 5.91 Å². The van der Waals surface area contributed by atoms with E-state index in [9.17, 15) is 19.6 Å². The minimum Gasteiger partial charge on any atom is -0.454 e. The number of hydrogen-bond acceptors (Lipinski definition) is 8. The van der Waals surface area contributed by atoms with Crippen LogP contribution in [-0.2, 0) is 14.3 Å². The quantitative estimate of drug-likeness (QED) is 0.145. The highest BCUT2D eigenvalue weighted by Gasteiger charge is 2.54. The minimum absolute atomic E-state index is 0.0637. The second kappa shape index (κ2) is 13.0. The molecular weight excluding hydrogens is 546 g/mol. The Kier molecular flexibility index (Phi) is 9.42. The molecule has 2 aromatic carbocycles. The summed E-state index contributed by atoms with van der Waals surface area (Å²) in [5, 5.41) is 17.2. The molecule has 0 bridgehead atoms. The van der Waals surface area contributed by atoms with E-state index in [0.717, 1.165) is 5.56 Å². The van der Waals surface area contributed by atoms with E-state index < -0.39 is 11.3 Å². The van der Waals surface area contributed by atoms with Crippen molar-refractivity contribution in [1.82, 2.24) is 15.6 Å². The van der Waals surface area contributed by atoms with Crippen molar-refractivity contribution in [3.05, 3.63) is 76.0 Å². The molecule has 41 heavy (non-hydrogen) atoms. The van der Waals surface area contributed by atoms with Gasteiger partial charge in [-0.1, -0.05) is 23.7 Å². The third-order valence-corrected chi connectivity index (χ3v) is 7.54. The lowest BCUT2D eigenvalue weighted by molar-refractivity contribution is -0.148. The molecule has 2 atom stereocenters. The number of nitriles is 1. The van der Waals surface area contributed by atoms with Gasteiger partial charge in [-0.3, -0.25) is 14.4 Å². The van der Waals surface area contributed by atoms with Crippen LogP contribution >= 0.6 is 11.6 Å². The molecule has 2 N–H and O–H groups in total. The first-order chi connectivity index (χ1) is 19.7. The normalized spacial score (nSPS) is 20.0. The second-order valence-electron chi connectivity index (χ2n) is 10.1. The average molecular weight is 578 g/mol. The molecule has 2 amide bonds. The van der Waals surface area contributed by atoms with E-state index in [1.54, 1.807) is 50.1 Å². The number of aldehydes is 1. The smallest absolute Gasteiger partial charge is 0.251 e. The molecule has 2 aliphatic rings. The van der Waals surface area contributed by atoms with Gasteiger partial charge in [-0.25, -0.2) is 0 Å². The summed E-state index contributed by atoms with van der Waals surface area (Å²) in [6, 6.07) is 13.9. The SMILES string of the molecule is CN/N=C(C)\C=C(/C=O)Oc1ccc(C(=O)NCC(=O)N2C(c3cccc(Cl)c3)CCC2C2(C#N)COC2)cc1C. The largest absolute Gasteiger partial charge is 0.454 e. The van der Waals surface area contributed by atoms with E-state index in [1.807, 2.05) is 18.2 Å². The summed E-state index contributed by atoms with van der Waals surface area (Å²) < 4.78 is 11.1. The highest BCUT2D eigenvalue weighted by atomic mass is 35.5. The number of allylic oxidation sites excluding steroid dienone is 2. The zero-order chi connectivity index (χ0) is 29.6. The van der Waals surface area contributed by atoms with Gasteiger partial charge in [0, 0.05) is 23.7 Å². The Morgan fingerprint density at radius 3 is 2.66 bits per heavy atom. The van der Waals surface area contributed by atoms with Crippen LogP contribution in [0.25, 0.3) is 0 Å². The summed E-state index contributed by atoms with van der Waals surface area (Å²) in [5.74, 6) is -0.257. The number of aryl methyl sites for hydroxylation is 1. The van der Waals surface area contributed by atoms with Crippen LogP contribution in [0.1, 0.15) is 47.3 Å². The van der Waals surface area contributed by atoms with Crippen molar-refractivity contribution >= 4 is 35.4 Å². The summed E-state index contributed by atoms with van der Waals surface area (Å²) in [7, 11) is 1.65. The van der Waals surface area contributed by atoms with Crippen molar-refractivity contribution in [2.75, 3.05) is 26.8 Å². The van der Waals surface area contributed by atoms with Gasteiger partial charge in [0.1, 0.15) is 11.2 Å². The summed E-state index contributed by atoms with van der Waals surface area (Å²) in [4.78, 5) is 39.8. The standard InChI is InChI=1S/C30H32ClN5O5/c1-19-11-22(7-9-26(19)41-24(15-37)12-20(2)35-33-3)29(39)34-14-28(38)36-25(21-5-4-6-23(31)13-21)8-10-27(36)30(16-32)17-40-18-30/h4-7,9,11-13,15,25,27,33H,8,10,14,17-18H2,1-3H3,(H,34,39)/b24-12+,35-20-. The zero-order valence-corrected chi connectivity index (χ0v) is 23.9. The number of benzene rings is 2. The number of halogens is 1. The third kappa shape index (κ3) is 6.59. The summed E-state index contributed by atoms with van der Waals surface area (Å²) >= 11 is 6.24. The van der Waals surface area contributed by atoms with Crippen molar-refractivity contribution in [2.45, 2.75) is 38.8 Å². The van der Waals surface area contributed by atoms with Gasteiger partial charge in [0.05, 0.1) is 43.6 Å². The number of ether oxygens (including phenoxy) is 2. The Balaban J connectivity index is 1.47. The Morgan fingerprint density at radius 1 is 1.27 bits per heavy atom. The van der Waals surface area contributed by atoms with Crippen molar-refractivity contribution < 1.29 is 23.9 Å². The molecule has 214 valence electrons. The predicted molar refractivity (Wildman–Crippen MR) is 153 cm³/mol. The van der Waals surface area contributed by atoms with Gasteiger partial charge in [0.25, 0.3) is 5.91 Å². The summed E-state index contributed by atoms with van der Waals surface area (Å²) in [6.45, 7) is 3.76. The first kappa shape index (κ1) is 29.8. The highest BCUT2D eigenvalue weighted by molar-refractivity contribution is 6.30. The number of likely N-dealkylation sites (tertiary alicyclic amines) is 1. The van der Waals surface area contributed by atoms with Crippen LogP contribution in [0, 0.1) is 23.7 Å². The Labute approximate surface area is 243 Å². The molecule has 4 rings (SSSR count). The average Bonchev–Trinajstić information content (AvgIpc) is 3.37. The number of nitrogens with one attached hydrogen (secondary N) is 2. The van der Waals surface area contributed by atoms with Crippen LogP contribution in [0.2, 0.25) is 5.02 Å². The van der Waals surface area contributed by atoms with Crippen LogP contribution in [0.15, 0.2) is 59.4 Å². The molecular formula is C30H32ClN5O5. The summed E-state index contributed by atoms with van der Waals surface area (Å²) in [6.07, 6.45) is 3.39. The van der Waals surface area contributed by atoms with E-state index >= 15 is 0 Å². The first-order valence-corrected chi connectivity index (χ1v) is 13.6. The van der Waals surface area contributed by atoms with E-state index in [1.165, 1.54) is 6.08 Å². The van der Waals surface area contributed by atoms with Gasteiger partial charge >= 0.3 is 0 Å². The van der Waals surface area contributed by atoms with E-state index in [4.69, 9.17) is 21.1 Å². The van der Waals surface area contributed by atoms with Crippen molar-refractivity contribution in [3.8, 4) is 11.8 Å². The number of hydrogen-bond donors (Lipinski definition) is 2. The molecule has 2 unspecified atom stereocenters. The van der Waals surface area contributed by atoms with Crippen LogP contribution in [0.4, 0.5) is 0 Å². The van der Waals surface area contributed by atoms with Crippen molar-refractivity contribution in [1.29, 1.82) is 5.26 Å². The molecule has 11 heteroatoms. The fourth-order valence-corrected chi connectivity index (χ4v) is 5.48. The molecule has 0 aliphatic carbocycles.